The number of halogens is 3. The summed E-state index contributed by atoms with van der Waals surface area (Å²) in [5.74, 6) is -0.301. The number of hydrogen-bond donors (Lipinski definition) is 2. The lowest BCUT2D eigenvalue weighted by atomic mass is 10.1. The maximum absolute atomic E-state index is 13.4. The number of amides is 1. The first kappa shape index (κ1) is 19.0. The van der Waals surface area contributed by atoms with E-state index in [0.29, 0.717) is 12.2 Å². The van der Waals surface area contributed by atoms with Crippen molar-refractivity contribution in [2.75, 3.05) is 13.6 Å². The van der Waals surface area contributed by atoms with Crippen molar-refractivity contribution in [3.05, 3.63) is 46.8 Å². The number of nitrogens with one attached hydrogen (secondary N) is 2. The molecule has 0 spiro atoms. The summed E-state index contributed by atoms with van der Waals surface area (Å²) in [5.41, 5.74) is 1.07. The fourth-order valence-electron chi connectivity index (χ4n) is 2.53. The molecule has 2 aromatic rings. The predicted octanol–water partition coefficient (Wildman–Crippen LogP) is 2.73. The molecule has 0 aliphatic carbocycles. The Morgan fingerprint density at radius 1 is 1.24 bits per heavy atom. The topological polar surface area (TPSA) is 59.0 Å². The summed E-state index contributed by atoms with van der Waals surface area (Å²) in [6.07, 6.45) is -4.31. The lowest BCUT2D eigenvalue weighted by Gasteiger charge is -2.16. The third-order valence-corrected chi connectivity index (χ3v) is 3.73. The van der Waals surface area contributed by atoms with Crippen LogP contribution < -0.4 is 10.6 Å². The minimum Gasteiger partial charge on any atom is -0.352 e. The van der Waals surface area contributed by atoms with Crippen molar-refractivity contribution >= 4 is 5.91 Å². The molecular formula is C17H21F3N4O. The number of carbonyl (C=O) groups is 1. The van der Waals surface area contributed by atoms with Crippen molar-refractivity contribution in [3.8, 4) is 5.69 Å². The number of benzene rings is 1. The van der Waals surface area contributed by atoms with Gasteiger partial charge < -0.3 is 10.6 Å². The zero-order valence-electron chi connectivity index (χ0n) is 14.4. The molecule has 1 heterocycles. The second-order valence-corrected chi connectivity index (χ2v) is 5.81. The average molecular weight is 354 g/mol. The van der Waals surface area contributed by atoms with Gasteiger partial charge in [-0.05, 0) is 44.7 Å². The third kappa shape index (κ3) is 4.82. The molecule has 1 aromatic heterocycles. The van der Waals surface area contributed by atoms with Crippen molar-refractivity contribution in [2.45, 2.75) is 33.0 Å². The molecule has 0 bridgehead atoms. The van der Waals surface area contributed by atoms with Gasteiger partial charge in [-0.3, -0.25) is 4.79 Å². The number of carbonyl (C=O) groups excluding carboxylic acids is 1. The molecule has 8 heteroatoms. The maximum atomic E-state index is 13.4. The van der Waals surface area contributed by atoms with E-state index in [-0.39, 0.29) is 24.4 Å². The molecule has 2 N–H and O–H groups in total. The number of aryl methyl sites for hydroxylation is 2. The van der Waals surface area contributed by atoms with Gasteiger partial charge in [0, 0.05) is 25.2 Å². The van der Waals surface area contributed by atoms with Gasteiger partial charge in [0.1, 0.15) is 0 Å². The molecule has 5 nitrogen and oxygen atoms in total. The van der Waals surface area contributed by atoms with Crippen molar-refractivity contribution < 1.29 is 18.0 Å². The van der Waals surface area contributed by atoms with E-state index >= 15 is 0 Å². The highest BCUT2D eigenvalue weighted by Crippen LogP contribution is 2.33. The monoisotopic (exact) mass is 354 g/mol. The highest BCUT2D eigenvalue weighted by Gasteiger charge is 2.33. The Hall–Kier alpha value is -2.35. The lowest BCUT2D eigenvalue weighted by Crippen LogP contribution is -2.27. The van der Waals surface area contributed by atoms with Crippen molar-refractivity contribution in [1.29, 1.82) is 0 Å². The van der Waals surface area contributed by atoms with Gasteiger partial charge in [0.25, 0.3) is 0 Å². The van der Waals surface area contributed by atoms with Crippen LogP contribution in [0.2, 0.25) is 0 Å². The van der Waals surface area contributed by atoms with Crippen LogP contribution in [0, 0.1) is 13.8 Å². The van der Waals surface area contributed by atoms with E-state index in [1.807, 2.05) is 0 Å². The van der Waals surface area contributed by atoms with Gasteiger partial charge in [-0.15, -0.1) is 0 Å². The number of nitrogens with zero attached hydrogens (tertiary/aromatic N) is 2. The summed E-state index contributed by atoms with van der Waals surface area (Å²) in [5, 5.41) is 9.55. The molecule has 0 saturated heterocycles. The van der Waals surface area contributed by atoms with Gasteiger partial charge >= 0.3 is 6.18 Å². The fourth-order valence-corrected chi connectivity index (χ4v) is 2.53. The quantitative estimate of drug-likeness (QED) is 0.839. The first-order valence-electron chi connectivity index (χ1n) is 7.87. The van der Waals surface area contributed by atoms with Gasteiger partial charge in [0.15, 0.2) is 0 Å². The van der Waals surface area contributed by atoms with Crippen LogP contribution in [0.3, 0.4) is 0 Å². The number of rotatable bonds is 6. The van der Waals surface area contributed by atoms with E-state index in [1.54, 1.807) is 33.0 Å². The molecule has 2 rings (SSSR count). The third-order valence-electron chi connectivity index (χ3n) is 3.73. The molecular weight excluding hydrogens is 333 g/mol. The van der Waals surface area contributed by atoms with Crippen molar-refractivity contribution in [3.63, 3.8) is 0 Å². The lowest BCUT2D eigenvalue weighted by molar-refractivity contribution is -0.138. The van der Waals surface area contributed by atoms with Crippen LogP contribution in [-0.4, -0.2) is 29.3 Å². The molecule has 0 aliphatic heterocycles. The molecule has 25 heavy (non-hydrogen) atoms. The van der Waals surface area contributed by atoms with E-state index in [9.17, 15) is 18.0 Å². The van der Waals surface area contributed by atoms with Gasteiger partial charge in [0.2, 0.25) is 5.91 Å². The Labute approximate surface area is 144 Å². The fraction of sp³-hybridized carbons (Fsp3) is 0.412. The largest absolute Gasteiger partial charge is 0.416 e. The van der Waals surface area contributed by atoms with Crippen molar-refractivity contribution in [2.24, 2.45) is 0 Å². The summed E-state index contributed by atoms with van der Waals surface area (Å²) < 4.78 is 41.7. The van der Waals surface area contributed by atoms with Crippen LogP contribution >= 0.6 is 0 Å². The van der Waals surface area contributed by atoms with Crippen LogP contribution in [-0.2, 0) is 17.5 Å². The van der Waals surface area contributed by atoms with E-state index in [2.05, 4.69) is 15.7 Å². The number of alkyl halides is 3. The van der Waals surface area contributed by atoms with Gasteiger partial charge in [-0.1, -0.05) is 6.07 Å². The van der Waals surface area contributed by atoms with Gasteiger partial charge in [-0.2, -0.15) is 18.3 Å². The summed E-state index contributed by atoms with van der Waals surface area (Å²) in [6.45, 7) is 3.86. The predicted molar refractivity (Wildman–Crippen MR) is 88.4 cm³/mol. The first-order valence-corrected chi connectivity index (χ1v) is 7.87. The van der Waals surface area contributed by atoms with Crippen LogP contribution in [0.15, 0.2) is 24.3 Å². The maximum Gasteiger partial charge on any atom is 0.416 e. The van der Waals surface area contributed by atoms with E-state index < -0.39 is 11.7 Å². The van der Waals surface area contributed by atoms with E-state index in [0.717, 1.165) is 17.5 Å². The molecule has 0 aliphatic rings. The molecule has 0 fully saturated rings. The zero-order valence-corrected chi connectivity index (χ0v) is 14.4. The Kier molecular flexibility index (Phi) is 5.84. The number of hydrogen-bond acceptors (Lipinski definition) is 3. The summed E-state index contributed by atoms with van der Waals surface area (Å²) in [7, 11) is 1.70. The molecule has 0 saturated carbocycles. The second kappa shape index (κ2) is 7.69. The minimum atomic E-state index is -4.52. The summed E-state index contributed by atoms with van der Waals surface area (Å²) in [6, 6.07) is 5.81. The average Bonchev–Trinajstić information content (AvgIpc) is 2.88. The van der Waals surface area contributed by atoms with E-state index in [1.165, 1.54) is 10.7 Å². The first-order chi connectivity index (χ1) is 11.7. The molecule has 1 amide bonds. The van der Waals surface area contributed by atoms with Crippen molar-refractivity contribution in [1.82, 2.24) is 20.4 Å². The normalized spacial score (nSPS) is 11.6. The molecule has 136 valence electrons. The highest BCUT2D eigenvalue weighted by molar-refractivity contribution is 5.76. The van der Waals surface area contributed by atoms with Gasteiger partial charge in [0.05, 0.1) is 16.9 Å². The van der Waals surface area contributed by atoms with Gasteiger partial charge in [-0.25, -0.2) is 4.68 Å². The van der Waals surface area contributed by atoms with Crippen LogP contribution in [0.4, 0.5) is 13.2 Å². The zero-order chi connectivity index (χ0) is 18.6. The van der Waals surface area contributed by atoms with Crippen LogP contribution in [0.25, 0.3) is 5.69 Å². The smallest absolute Gasteiger partial charge is 0.352 e. The Balaban J connectivity index is 2.29. The molecule has 0 radical (unpaired) electrons. The standard InChI is InChI=1S/C17H21F3N4O/c1-11-8-12(2)24(23-11)14-5-4-13(15(9-14)17(18,19)20)10-22-16(25)6-7-21-3/h4-5,8-9,21H,6-7,10H2,1-3H3,(H,22,25). The highest BCUT2D eigenvalue weighted by atomic mass is 19.4. The number of aromatic nitrogens is 2. The van der Waals surface area contributed by atoms with E-state index in [4.69, 9.17) is 0 Å². The molecule has 0 atom stereocenters. The summed E-state index contributed by atoms with van der Waals surface area (Å²) >= 11 is 0. The van der Waals surface area contributed by atoms with Crippen LogP contribution in [0.1, 0.15) is 28.9 Å². The summed E-state index contributed by atoms with van der Waals surface area (Å²) in [4.78, 5) is 11.6. The Morgan fingerprint density at radius 2 is 1.96 bits per heavy atom. The minimum absolute atomic E-state index is 0.0237. The second-order valence-electron chi connectivity index (χ2n) is 5.81. The Bertz CT molecular complexity index is 753. The molecule has 1 aromatic carbocycles. The molecule has 0 unspecified atom stereocenters. The SMILES string of the molecule is CNCCC(=O)NCc1ccc(-n2nc(C)cc2C)cc1C(F)(F)F. The Morgan fingerprint density at radius 3 is 2.52 bits per heavy atom. The van der Waals surface area contributed by atoms with Crippen LogP contribution in [0.5, 0.6) is 0 Å².